The molecule has 0 radical (unpaired) electrons. The third kappa shape index (κ3) is 1.04. The van der Waals surface area contributed by atoms with Gasteiger partial charge in [0.25, 0.3) is 0 Å². The summed E-state index contributed by atoms with van der Waals surface area (Å²) in [5.74, 6) is 0.671. The van der Waals surface area contributed by atoms with Crippen LogP contribution in [0.2, 0.25) is 0 Å². The largest absolute Gasteiger partial charge is 0.380 e. The van der Waals surface area contributed by atoms with Gasteiger partial charge in [0.2, 0.25) is 0 Å². The van der Waals surface area contributed by atoms with Crippen molar-refractivity contribution in [2.24, 2.45) is 5.92 Å². The Morgan fingerprint density at radius 2 is 2.14 bits per heavy atom. The second-order valence-corrected chi connectivity index (χ2v) is 4.37. The van der Waals surface area contributed by atoms with Gasteiger partial charge in [0.05, 0.1) is 13.2 Å². The fourth-order valence-electron chi connectivity index (χ4n) is 2.77. The molecule has 74 valence electrons. The predicted molar refractivity (Wildman–Crippen MR) is 55.3 cm³/mol. The smallest absolute Gasteiger partial charge is 0.0579 e. The van der Waals surface area contributed by atoms with E-state index in [4.69, 9.17) is 4.74 Å². The van der Waals surface area contributed by atoms with Crippen molar-refractivity contribution < 1.29 is 4.74 Å². The van der Waals surface area contributed by atoms with Gasteiger partial charge in [0.15, 0.2) is 0 Å². The molecule has 1 N–H and O–H groups in total. The number of ether oxygens (including phenoxy) is 1. The van der Waals surface area contributed by atoms with Gasteiger partial charge < -0.3 is 10.1 Å². The van der Waals surface area contributed by atoms with E-state index < -0.39 is 0 Å². The molecule has 3 rings (SSSR count). The maximum absolute atomic E-state index is 5.63. The molecule has 0 saturated carbocycles. The number of fused-ring (bicyclic) bond motifs is 1. The van der Waals surface area contributed by atoms with Gasteiger partial charge in [-0.05, 0) is 5.56 Å². The monoisotopic (exact) mass is 189 g/mol. The van der Waals surface area contributed by atoms with Crippen LogP contribution >= 0.6 is 0 Å². The van der Waals surface area contributed by atoms with Crippen LogP contribution in [0, 0.1) is 5.92 Å². The van der Waals surface area contributed by atoms with Crippen molar-refractivity contribution in [3.63, 3.8) is 0 Å². The van der Waals surface area contributed by atoms with Gasteiger partial charge >= 0.3 is 0 Å². The van der Waals surface area contributed by atoms with Crippen molar-refractivity contribution in [2.45, 2.75) is 5.41 Å². The van der Waals surface area contributed by atoms with Crippen LogP contribution < -0.4 is 5.32 Å². The van der Waals surface area contributed by atoms with E-state index >= 15 is 0 Å². The van der Waals surface area contributed by atoms with Gasteiger partial charge in [-0.3, -0.25) is 0 Å². The first-order valence-corrected chi connectivity index (χ1v) is 5.26. The summed E-state index contributed by atoms with van der Waals surface area (Å²) < 4.78 is 5.63. The minimum atomic E-state index is 0.265. The molecule has 0 aliphatic carbocycles. The minimum Gasteiger partial charge on any atom is -0.380 e. The van der Waals surface area contributed by atoms with Gasteiger partial charge in [-0.15, -0.1) is 0 Å². The SMILES string of the molecule is c1ccc([C@]23CNC[C@H]2COC3)cc1. The molecule has 0 amide bonds. The molecule has 2 saturated heterocycles. The standard InChI is InChI=1S/C12H15NO/c1-2-4-10(5-3-1)12-8-13-6-11(12)7-14-9-12/h1-5,11,13H,6-9H2/t11-,12+/m0/s1. The average Bonchev–Trinajstić information content (AvgIpc) is 2.77. The van der Waals surface area contributed by atoms with E-state index in [0.29, 0.717) is 5.92 Å². The van der Waals surface area contributed by atoms with Crippen LogP contribution in [0.15, 0.2) is 30.3 Å². The molecule has 0 unspecified atom stereocenters. The van der Waals surface area contributed by atoms with Crippen molar-refractivity contribution in [1.29, 1.82) is 0 Å². The molecule has 2 aliphatic heterocycles. The summed E-state index contributed by atoms with van der Waals surface area (Å²) >= 11 is 0. The topological polar surface area (TPSA) is 21.3 Å². The lowest BCUT2D eigenvalue weighted by Gasteiger charge is -2.26. The van der Waals surface area contributed by atoms with Crippen LogP contribution in [0.25, 0.3) is 0 Å². The first-order valence-electron chi connectivity index (χ1n) is 5.26. The summed E-state index contributed by atoms with van der Waals surface area (Å²) in [6.07, 6.45) is 0. The van der Waals surface area contributed by atoms with Gasteiger partial charge in [-0.1, -0.05) is 30.3 Å². The molecule has 2 aliphatic rings. The van der Waals surface area contributed by atoms with Crippen molar-refractivity contribution in [2.75, 3.05) is 26.3 Å². The molecular weight excluding hydrogens is 174 g/mol. The summed E-state index contributed by atoms with van der Waals surface area (Å²) in [4.78, 5) is 0. The Kier molecular flexibility index (Phi) is 1.85. The number of hydrogen-bond acceptors (Lipinski definition) is 2. The van der Waals surface area contributed by atoms with Gasteiger partial charge in [0, 0.05) is 24.4 Å². The molecule has 2 heterocycles. The summed E-state index contributed by atoms with van der Waals surface area (Å²) in [5.41, 5.74) is 1.70. The zero-order chi connectivity index (χ0) is 9.43. The highest BCUT2D eigenvalue weighted by atomic mass is 16.5. The third-order valence-corrected chi connectivity index (χ3v) is 3.64. The number of nitrogens with one attached hydrogen (secondary N) is 1. The third-order valence-electron chi connectivity index (χ3n) is 3.64. The van der Waals surface area contributed by atoms with Crippen LogP contribution in [0.3, 0.4) is 0 Å². The van der Waals surface area contributed by atoms with E-state index in [1.807, 2.05) is 0 Å². The van der Waals surface area contributed by atoms with Crippen LogP contribution in [-0.2, 0) is 10.2 Å². The van der Waals surface area contributed by atoms with E-state index in [9.17, 15) is 0 Å². The summed E-state index contributed by atoms with van der Waals surface area (Å²) in [5, 5.41) is 3.48. The van der Waals surface area contributed by atoms with Crippen molar-refractivity contribution in [3.8, 4) is 0 Å². The van der Waals surface area contributed by atoms with E-state index in [1.54, 1.807) is 0 Å². The Morgan fingerprint density at radius 3 is 3.00 bits per heavy atom. The summed E-state index contributed by atoms with van der Waals surface area (Å²) in [7, 11) is 0. The van der Waals surface area contributed by atoms with Crippen LogP contribution in [-0.4, -0.2) is 26.3 Å². The Bertz CT molecular complexity index is 312. The Hall–Kier alpha value is -0.860. The zero-order valence-electron chi connectivity index (χ0n) is 8.20. The zero-order valence-corrected chi connectivity index (χ0v) is 8.20. The highest BCUT2D eigenvalue weighted by Gasteiger charge is 2.48. The molecule has 0 spiro atoms. The van der Waals surface area contributed by atoms with Crippen LogP contribution in [0.5, 0.6) is 0 Å². The first-order chi connectivity index (χ1) is 6.92. The highest BCUT2D eigenvalue weighted by molar-refractivity contribution is 5.30. The van der Waals surface area contributed by atoms with Gasteiger partial charge in [-0.2, -0.15) is 0 Å². The Morgan fingerprint density at radius 1 is 1.29 bits per heavy atom. The van der Waals surface area contributed by atoms with E-state index in [-0.39, 0.29) is 5.41 Å². The maximum Gasteiger partial charge on any atom is 0.0579 e. The quantitative estimate of drug-likeness (QED) is 0.716. The summed E-state index contributed by atoms with van der Waals surface area (Å²) in [6, 6.07) is 10.8. The van der Waals surface area contributed by atoms with Crippen LogP contribution in [0.4, 0.5) is 0 Å². The normalized spacial score (nSPS) is 35.9. The molecule has 2 nitrogen and oxygen atoms in total. The van der Waals surface area contributed by atoms with Gasteiger partial charge in [-0.25, -0.2) is 0 Å². The number of hydrogen-bond donors (Lipinski definition) is 1. The van der Waals surface area contributed by atoms with E-state index in [1.165, 1.54) is 5.56 Å². The lowest BCUT2D eigenvalue weighted by Crippen LogP contribution is -2.34. The Balaban J connectivity index is 2.03. The molecular formula is C12H15NO. The number of benzene rings is 1. The van der Waals surface area contributed by atoms with Crippen LogP contribution in [0.1, 0.15) is 5.56 Å². The van der Waals surface area contributed by atoms with Crippen molar-refractivity contribution in [3.05, 3.63) is 35.9 Å². The fraction of sp³-hybridized carbons (Fsp3) is 0.500. The predicted octanol–water partition coefficient (Wildman–Crippen LogP) is 1.17. The lowest BCUT2D eigenvalue weighted by molar-refractivity contribution is 0.170. The first kappa shape index (κ1) is 8.45. The second-order valence-electron chi connectivity index (χ2n) is 4.37. The van der Waals surface area contributed by atoms with Crippen molar-refractivity contribution in [1.82, 2.24) is 5.32 Å². The fourth-order valence-corrected chi connectivity index (χ4v) is 2.77. The molecule has 0 bridgehead atoms. The molecule has 2 atom stereocenters. The minimum absolute atomic E-state index is 0.265. The molecule has 1 aromatic carbocycles. The Labute approximate surface area is 84.3 Å². The molecule has 0 aromatic heterocycles. The molecule has 1 aromatic rings. The summed E-state index contributed by atoms with van der Waals surface area (Å²) in [6.45, 7) is 3.98. The molecule has 2 fully saturated rings. The van der Waals surface area contributed by atoms with Crippen molar-refractivity contribution >= 4 is 0 Å². The average molecular weight is 189 g/mol. The highest BCUT2D eigenvalue weighted by Crippen LogP contribution is 2.40. The van der Waals surface area contributed by atoms with E-state index in [0.717, 1.165) is 26.3 Å². The molecule has 2 heteroatoms. The lowest BCUT2D eigenvalue weighted by atomic mass is 9.75. The number of rotatable bonds is 1. The van der Waals surface area contributed by atoms with E-state index in [2.05, 4.69) is 35.6 Å². The maximum atomic E-state index is 5.63. The van der Waals surface area contributed by atoms with Gasteiger partial charge in [0.1, 0.15) is 0 Å². The molecule has 14 heavy (non-hydrogen) atoms. The second kappa shape index (κ2) is 3.07.